The van der Waals surface area contributed by atoms with Crippen LogP contribution in [0.2, 0.25) is 0 Å². The third-order valence-electron chi connectivity index (χ3n) is 4.17. The predicted octanol–water partition coefficient (Wildman–Crippen LogP) is 3.26. The molecule has 24 heavy (non-hydrogen) atoms. The van der Waals surface area contributed by atoms with Gasteiger partial charge in [0, 0.05) is 13.1 Å². The summed E-state index contributed by atoms with van der Waals surface area (Å²) >= 11 is 0. The number of nitrogens with zero attached hydrogens (tertiary/aromatic N) is 1. The van der Waals surface area contributed by atoms with E-state index in [0.29, 0.717) is 6.54 Å². The molecule has 0 atom stereocenters. The Morgan fingerprint density at radius 3 is 2.04 bits per heavy atom. The first-order valence-corrected chi connectivity index (χ1v) is 8.32. The molecule has 1 fully saturated rings. The molecule has 3 N–H and O–H groups in total. The Hall–Kier alpha value is -0.810. The smallest absolute Gasteiger partial charge is 0.239 e. The molecule has 1 aliphatic rings. The van der Waals surface area contributed by atoms with E-state index >= 15 is 0 Å². The van der Waals surface area contributed by atoms with Crippen molar-refractivity contribution in [2.75, 3.05) is 13.1 Å². The standard InChI is InChI=1S/C18H29N3O.2ClH/c1-18(2,19)17(22)20-13-15-7-9-16(10-8-15)14-21-11-5-3-4-6-12-21;;/h7-10H,3-6,11-14,19H2,1-2H3,(H,20,22);2*1H. The first kappa shape index (κ1) is 23.2. The Morgan fingerprint density at radius 1 is 1.04 bits per heavy atom. The van der Waals surface area contributed by atoms with Crippen molar-refractivity contribution in [3.63, 3.8) is 0 Å². The topological polar surface area (TPSA) is 58.4 Å². The van der Waals surface area contributed by atoms with Crippen LogP contribution in [0.15, 0.2) is 24.3 Å². The minimum absolute atomic E-state index is 0. The van der Waals surface area contributed by atoms with Gasteiger partial charge in [0.25, 0.3) is 0 Å². The minimum atomic E-state index is -0.827. The highest BCUT2D eigenvalue weighted by Crippen LogP contribution is 2.14. The number of halogens is 2. The largest absolute Gasteiger partial charge is 0.350 e. The second-order valence-corrected chi connectivity index (χ2v) is 6.91. The highest BCUT2D eigenvalue weighted by atomic mass is 35.5. The molecule has 1 aromatic carbocycles. The zero-order valence-corrected chi connectivity index (χ0v) is 16.3. The Bertz CT molecular complexity index is 478. The van der Waals surface area contributed by atoms with Crippen molar-refractivity contribution in [1.29, 1.82) is 0 Å². The molecule has 0 aromatic heterocycles. The number of nitrogens with one attached hydrogen (secondary N) is 1. The zero-order valence-electron chi connectivity index (χ0n) is 14.7. The van der Waals surface area contributed by atoms with Crippen molar-refractivity contribution in [1.82, 2.24) is 10.2 Å². The van der Waals surface area contributed by atoms with Gasteiger partial charge in [-0.05, 0) is 50.9 Å². The summed E-state index contributed by atoms with van der Waals surface area (Å²) in [5, 5.41) is 2.87. The van der Waals surface area contributed by atoms with E-state index in [0.717, 1.165) is 12.1 Å². The van der Waals surface area contributed by atoms with Gasteiger partial charge < -0.3 is 11.1 Å². The number of hydrogen-bond acceptors (Lipinski definition) is 3. The van der Waals surface area contributed by atoms with Crippen molar-refractivity contribution in [2.45, 2.75) is 58.2 Å². The number of carbonyl (C=O) groups is 1. The SMILES string of the molecule is CC(C)(N)C(=O)NCc1ccc(CN2CCCCCC2)cc1.Cl.Cl. The lowest BCUT2D eigenvalue weighted by molar-refractivity contribution is -0.125. The molecule has 0 saturated carbocycles. The number of hydrogen-bond donors (Lipinski definition) is 2. The number of amides is 1. The van der Waals surface area contributed by atoms with Crippen LogP contribution in [0.1, 0.15) is 50.7 Å². The Kier molecular flexibility index (Phi) is 10.6. The van der Waals surface area contributed by atoms with Crippen LogP contribution >= 0.6 is 24.8 Å². The van der Waals surface area contributed by atoms with Crippen LogP contribution in [0, 0.1) is 0 Å². The van der Waals surface area contributed by atoms with E-state index in [-0.39, 0.29) is 30.7 Å². The molecule has 0 unspecified atom stereocenters. The fraction of sp³-hybridized carbons (Fsp3) is 0.611. The summed E-state index contributed by atoms with van der Waals surface area (Å²) in [5.41, 5.74) is 7.39. The van der Waals surface area contributed by atoms with E-state index in [1.165, 1.54) is 44.3 Å². The molecular formula is C18H31Cl2N3O. The molecule has 0 spiro atoms. The first-order chi connectivity index (χ1) is 10.4. The lowest BCUT2D eigenvalue weighted by Crippen LogP contribution is -2.48. The molecular weight excluding hydrogens is 345 g/mol. The third-order valence-corrected chi connectivity index (χ3v) is 4.17. The lowest BCUT2D eigenvalue weighted by atomic mass is 10.1. The summed E-state index contributed by atoms with van der Waals surface area (Å²) in [5.74, 6) is -0.124. The quantitative estimate of drug-likeness (QED) is 0.829. The first-order valence-electron chi connectivity index (χ1n) is 8.32. The van der Waals surface area contributed by atoms with Gasteiger partial charge >= 0.3 is 0 Å². The van der Waals surface area contributed by atoms with Gasteiger partial charge in [-0.1, -0.05) is 37.1 Å². The van der Waals surface area contributed by atoms with E-state index < -0.39 is 5.54 Å². The van der Waals surface area contributed by atoms with Crippen LogP contribution in [-0.4, -0.2) is 29.4 Å². The van der Waals surface area contributed by atoms with Gasteiger partial charge in [0.2, 0.25) is 5.91 Å². The van der Waals surface area contributed by atoms with Crippen molar-refractivity contribution in [3.8, 4) is 0 Å². The fourth-order valence-corrected chi connectivity index (χ4v) is 2.73. The number of benzene rings is 1. The van der Waals surface area contributed by atoms with Gasteiger partial charge in [-0.2, -0.15) is 0 Å². The second-order valence-electron chi connectivity index (χ2n) is 6.91. The number of likely N-dealkylation sites (tertiary alicyclic amines) is 1. The van der Waals surface area contributed by atoms with E-state index in [1.807, 2.05) is 0 Å². The summed E-state index contributed by atoms with van der Waals surface area (Å²) < 4.78 is 0. The molecule has 6 heteroatoms. The Morgan fingerprint density at radius 2 is 1.54 bits per heavy atom. The van der Waals surface area contributed by atoms with Gasteiger partial charge in [-0.3, -0.25) is 9.69 Å². The lowest BCUT2D eigenvalue weighted by Gasteiger charge is -2.20. The maximum atomic E-state index is 11.8. The minimum Gasteiger partial charge on any atom is -0.350 e. The molecule has 1 aromatic rings. The van der Waals surface area contributed by atoms with E-state index in [9.17, 15) is 4.79 Å². The van der Waals surface area contributed by atoms with Gasteiger partial charge in [0.1, 0.15) is 0 Å². The molecule has 0 bridgehead atoms. The summed E-state index contributed by atoms with van der Waals surface area (Å²) in [6, 6.07) is 8.52. The second kappa shape index (κ2) is 10.9. The molecule has 0 aliphatic carbocycles. The molecule has 4 nitrogen and oxygen atoms in total. The average molecular weight is 376 g/mol. The summed E-state index contributed by atoms with van der Waals surface area (Å²) in [6.45, 7) is 7.41. The van der Waals surface area contributed by atoms with Crippen LogP contribution in [0.4, 0.5) is 0 Å². The van der Waals surface area contributed by atoms with Gasteiger partial charge in [0.05, 0.1) is 5.54 Å². The van der Waals surface area contributed by atoms with Crippen LogP contribution in [-0.2, 0) is 17.9 Å². The molecule has 1 aliphatic heterocycles. The predicted molar refractivity (Wildman–Crippen MR) is 105 cm³/mol. The Balaban J connectivity index is 0.00000264. The van der Waals surface area contributed by atoms with Crippen molar-refractivity contribution >= 4 is 30.7 Å². The maximum absolute atomic E-state index is 11.8. The highest BCUT2D eigenvalue weighted by Gasteiger charge is 2.21. The van der Waals surface area contributed by atoms with Crippen molar-refractivity contribution < 1.29 is 4.79 Å². The molecule has 2 rings (SSSR count). The van der Waals surface area contributed by atoms with Crippen molar-refractivity contribution in [2.24, 2.45) is 5.73 Å². The monoisotopic (exact) mass is 375 g/mol. The Labute approximate surface area is 158 Å². The van der Waals surface area contributed by atoms with Gasteiger partial charge in [-0.15, -0.1) is 24.8 Å². The van der Waals surface area contributed by atoms with Crippen LogP contribution in [0.5, 0.6) is 0 Å². The van der Waals surface area contributed by atoms with E-state index in [1.54, 1.807) is 13.8 Å². The molecule has 1 saturated heterocycles. The summed E-state index contributed by atoms with van der Waals surface area (Å²) in [6.07, 6.45) is 5.37. The molecule has 1 amide bonds. The van der Waals surface area contributed by atoms with Gasteiger partial charge in [-0.25, -0.2) is 0 Å². The molecule has 1 heterocycles. The fourth-order valence-electron chi connectivity index (χ4n) is 2.73. The van der Waals surface area contributed by atoms with Crippen LogP contribution in [0.3, 0.4) is 0 Å². The maximum Gasteiger partial charge on any atom is 0.239 e. The van der Waals surface area contributed by atoms with Crippen LogP contribution < -0.4 is 11.1 Å². The molecule has 138 valence electrons. The normalized spacial score (nSPS) is 15.6. The van der Waals surface area contributed by atoms with E-state index in [2.05, 4.69) is 34.5 Å². The van der Waals surface area contributed by atoms with Crippen LogP contribution in [0.25, 0.3) is 0 Å². The number of carbonyl (C=O) groups excluding carboxylic acids is 1. The highest BCUT2D eigenvalue weighted by molar-refractivity contribution is 5.85. The van der Waals surface area contributed by atoms with Crippen molar-refractivity contribution in [3.05, 3.63) is 35.4 Å². The van der Waals surface area contributed by atoms with E-state index in [4.69, 9.17) is 5.73 Å². The molecule has 0 radical (unpaired) electrons. The average Bonchev–Trinajstić information content (AvgIpc) is 2.74. The number of rotatable bonds is 5. The summed E-state index contributed by atoms with van der Waals surface area (Å²) in [7, 11) is 0. The summed E-state index contributed by atoms with van der Waals surface area (Å²) in [4.78, 5) is 14.3. The third kappa shape index (κ3) is 7.84. The number of nitrogens with two attached hydrogens (primary N) is 1. The van der Waals surface area contributed by atoms with Gasteiger partial charge in [0.15, 0.2) is 0 Å². The zero-order chi connectivity index (χ0) is 16.0.